The summed E-state index contributed by atoms with van der Waals surface area (Å²) >= 11 is 1.64. The normalized spacial score (nSPS) is 11.8. The zero-order valence-corrected chi connectivity index (χ0v) is 18.2. The zero-order chi connectivity index (χ0) is 21.3. The molecule has 4 nitrogen and oxygen atoms in total. The largest absolute Gasteiger partial charge is 0.352 e. The molecule has 0 aliphatic heterocycles. The minimum absolute atomic E-state index is 0.0182. The molecular formula is C25H28N2O2S. The van der Waals surface area contributed by atoms with Crippen LogP contribution in [0.25, 0.3) is 0 Å². The SMILES string of the molecule is CC(C)c1ccc(C(NC(=O)CCCNC(=O)c2ccccc2)c2cccs2)cc1. The molecule has 0 bridgehead atoms. The Balaban J connectivity index is 1.54. The van der Waals surface area contributed by atoms with E-state index in [1.54, 1.807) is 23.5 Å². The number of hydrogen-bond donors (Lipinski definition) is 2. The van der Waals surface area contributed by atoms with E-state index >= 15 is 0 Å². The van der Waals surface area contributed by atoms with Crippen LogP contribution in [0.15, 0.2) is 72.1 Å². The van der Waals surface area contributed by atoms with Crippen LogP contribution in [0.1, 0.15) is 65.0 Å². The third kappa shape index (κ3) is 6.04. The third-order valence-corrected chi connectivity index (χ3v) is 5.91. The van der Waals surface area contributed by atoms with Crippen molar-refractivity contribution in [3.8, 4) is 0 Å². The summed E-state index contributed by atoms with van der Waals surface area (Å²) in [7, 11) is 0. The highest BCUT2D eigenvalue weighted by atomic mass is 32.1. The molecule has 0 aliphatic carbocycles. The highest BCUT2D eigenvalue weighted by Crippen LogP contribution is 2.27. The number of nitrogens with one attached hydrogen (secondary N) is 2. The highest BCUT2D eigenvalue weighted by molar-refractivity contribution is 7.10. The lowest BCUT2D eigenvalue weighted by molar-refractivity contribution is -0.121. The molecule has 0 spiro atoms. The average molecular weight is 421 g/mol. The predicted molar refractivity (Wildman–Crippen MR) is 123 cm³/mol. The summed E-state index contributed by atoms with van der Waals surface area (Å²) in [6.45, 7) is 4.81. The fourth-order valence-corrected chi connectivity index (χ4v) is 4.03. The standard InChI is InChI=1S/C25H28N2O2S/c1-18(2)19-12-14-20(15-13-19)24(22-10-7-17-30-22)27-23(28)11-6-16-26-25(29)21-8-4-3-5-9-21/h3-5,7-10,12-15,17-18,24H,6,11,16H2,1-2H3,(H,26,29)(H,27,28). The van der Waals surface area contributed by atoms with Gasteiger partial charge in [-0.25, -0.2) is 0 Å². The van der Waals surface area contributed by atoms with Crippen LogP contribution in [0.2, 0.25) is 0 Å². The van der Waals surface area contributed by atoms with Gasteiger partial charge in [0.2, 0.25) is 5.91 Å². The lowest BCUT2D eigenvalue weighted by Crippen LogP contribution is -2.30. The van der Waals surface area contributed by atoms with E-state index in [0.29, 0.717) is 30.9 Å². The first-order valence-electron chi connectivity index (χ1n) is 10.3. The van der Waals surface area contributed by atoms with Gasteiger partial charge in [-0.05, 0) is 47.0 Å². The van der Waals surface area contributed by atoms with Crippen molar-refractivity contribution < 1.29 is 9.59 Å². The van der Waals surface area contributed by atoms with Crippen molar-refractivity contribution in [1.29, 1.82) is 0 Å². The Kier molecular flexibility index (Phi) is 7.80. The molecule has 1 atom stereocenters. The Morgan fingerprint density at radius 2 is 1.60 bits per heavy atom. The van der Waals surface area contributed by atoms with Crippen LogP contribution in [-0.4, -0.2) is 18.4 Å². The van der Waals surface area contributed by atoms with Gasteiger partial charge in [0.25, 0.3) is 5.91 Å². The molecule has 3 rings (SSSR count). The van der Waals surface area contributed by atoms with E-state index in [1.807, 2.05) is 35.7 Å². The van der Waals surface area contributed by atoms with Gasteiger partial charge in [-0.2, -0.15) is 0 Å². The average Bonchev–Trinajstić information content (AvgIpc) is 3.30. The van der Waals surface area contributed by atoms with Gasteiger partial charge in [0, 0.05) is 23.4 Å². The van der Waals surface area contributed by atoms with Gasteiger partial charge in [0.05, 0.1) is 6.04 Å². The number of rotatable bonds is 9. The molecule has 0 aliphatic rings. The minimum atomic E-state index is -0.155. The van der Waals surface area contributed by atoms with Crippen molar-refractivity contribution in [2.24, 2.45) is 0 Å². The Labute approximate surface area is 182 Å². The van der Waals surface area contributed by atoms with Crippen molar-refractivity contribution in [3.05, 3.63) is 93.7 Å². The molecule has 156 valence electrons. The van der Waals surface area contributed by atoms with Crippen molar-refractivity contribution >= 4 is 23.2 Å². The number of carbonyl (C=O) groups is 2. The molecule has 3 aromatic rings. The fraction of sp³-hybridized carbons (Fsp3) is 0.280. The molecule has 2 N–H and O–H groups in total. The highest BCUT2D eigenvalue weighted by Gasteiger charge is 2.18. The number of thiophene rings is 1. The molecule has 1 unspecified atom stereocenters. The van der Waals surface area contributed by atoms with Gasteiger partial charge in [0.1, 0.15) is 0 Å². The molecule has 0 saturated carbocycles. The number of amides is 2. The molecular weight excluding hydrogens is 392 g/mol. The maximum Gasteiger partial charge on any atom is 0.251 e. The van der Waals surface area contributed by atoms with Crippen LogP contribution in [0, 0.1) is 0 Å². The van der Waals surface area contributed by atoms with Gasteiger partial charge in [-0.3, -0.25) is 9.59 Å². The van der Waals surface area contributed by atoms with E-state index < -0.39 is 0 Å². The Bertz CT molecular complexity index is 935. The van der Waals surface area contributed by atoms with Gasteiger partial charge < -0.3 is 10.6 Å². The summed E-state index contributed by atoms with van der Waals surface area (Å²) < 4.78 is 0. The Morgan fingerprint density at radius 3 is 2.23 bits per heavy atom. The summed E-state index contributed by atoms with van der Waals surface area (Å²) in [4.78, 5) is 25.8. The van der Waals surface area contributed by atoms with Gasteiger partial charge in [-0.1, -0.05) is 62.4 Å². The van der Waals surface area contributed by atoms with Crippen LogP contribution in [0.4, 0.5) is 0 Å². The van der Waals surface area contributed by atoms with Crippen molar-refractivity contribution in [3.63, 3.8) is 0 Å². The molecule has 2 amide bonds. The van der Waals surface area contributed by atoms with Gasteiger partial charge in [0.15, 0.2) is 0 Å². The summed E-state index contributed by atoms with van der Waals surface area (Å²) in [5.74, 6) is 0.341. The first-order valence-corrected chi connectivity index (χ1v) is 11.2. The molecule has 0 saturated heterocycles. The molecule has 30 heavy (non-hydrogen) atoms. The van der Waals surface area contributed by atoms with Gasteiger partial charge in [-0.15, -0.1) is 11.3 Å². The monoisotopic (exact) mass is 420 g/mol. The molecule has 2 aromatic carbocycles. The smallest absolute Gasteiger partial charge is 0.251 e. The van der Waals surface area contributed by atoms with Crippen LogP contribution < -0.4 is 10.6 Å². The van der Waals surface area contributed by atoms with Crippen molar-refractivity contribution in [1.82, 2.24) is 10.6 Å². The molecule has 5 heteroatoms. The van der Waals surface area contributed by atoms with Crippen LogP contribution in [0.3, 0.4) is 0 Å². The molecule has 1 heterocycles. The second-order valence-electron chi connectivity index (χ2n) is 7.56. The lowest BCUT2D eigenvalue weighted by atomic mass is 9.98. The lowest BCUT2D eigenvalue weighted by Gasteiger charge is -2.19. The van der Waals surface area contributed by atoms with Crippen molar-refractivity contribution in [2.75, 3.05) is 6.54 Å². The zero-order valence-electron chi connectivity index (χ0n) is 17.4. The van der Waals surface area contributed by atoms with Gasteiger partial charge >= 0.3 is 0 Å². The van der Waals surface area contributed by atoms with E-state index in [4.69, 9.17) is 0 Å². The molecule has 1 aromatic heterocycles. The summed E-state index contributed by atoms with van der Waals surface area (Å²) in [5.41, 5.74) is 2.99. The van der Waals surface area contributed by atoms with E-state index in [9.17, 15) is 9.59 Å². The Morgan fingerprint density at radius 1 is 0.900 bits per heavy atom. The predicted octanol–water partition coefficient (Wildman–Crippen LogP) is 5.29. The van der Waals surface area contributed by atoms with E-state index in [1.165, 1.54) is 5.56 Å². The van der Waals surface area contributed by atoms with Crippen LogP contribution in [-0.2, 0) is 4.79 Å². The Hall–Kier alpha value is -2.92. The number of benzene rings is 2. The second-order valence-corrected chi connectivity index (χ2v) is 8.54. The summed E-state index contributed by atoms with van der Waals surface area (Å²) in [6, 6.07) is 21.4. The topological polar surface area (TPSA) is 58.2 Å². The number of hydrogen-bond acceptors (Lipinski definition) is 3. The fourth-order valence-electron chi connectivity index (χ4n) is 3.22. The third-order valence-electron chi connectivity index (χ3n) is 4.97. The van der Waals surface area contributed by atoms with E-state index in [-0.39, 0.29) is 17.9 Å². The molecule has 0 radical (unpaired) electrons. The minimum Gasteiger partial charge on any atom is -0.352 e. The first-order chi connectivity index (χ1) is 14.5. The second kappa shape index (κ2) is 10.7. The molecule has 0 fully saturated rings. The quantitative estimate of drug-likeness (QED) is 0.462. The van der Waals surface area contributed by atoms with Crippen molar-refractivity contribution in [2.45, 2.75) is 38.6 Å². The number of carbonyl (C=O) groups excluding carboxylic acids is 2. The van der Waals surface area contributed by atoms with E-state index in [0.717, 1.165) is 10.4 Å². The maximum absolute atomic E-state index is 12.6. The van der Waals surface area contributed by atoms with Crippen LogP contribution >= 0.6 is 11.3 Å². The first kappa shape index (κ1) is 21.8. The summed E-state index contributed by atoms with van der Waals surface area (Å²) in [5, 5.41) is 8.05. The van der Waals surface area contributed by atoms with E-state index in [2.05, 4.69) is 48.7 Å². The van der Waals surface area contributed by atoms with Crippen LogP contribution in [0.5, 0.6) is 0 Å². The summed E-state index contributed by atoms with van der Waals surface area (Å²) in [6.07, 6.45) is 0.953. The maximum atomic E-state index is 12.6.